The molecule has 3 rings (SSSR count). The largest absolute Gasteiger partial charge is 0.244 e. The van der Waals surface area contributed by atoms with Crippen LogP contribution in [0, 0.1) is 0 Å². The van der Waals surface area contributed by atoms with E-state index in [-0.39, 0.29) is 0 Å². The third-order valence-electron chi connectivity index (χ3n) is 2.30. The van der Waals surface area contributed by atoms with E-state index in [0.717, 1.165) is 26.4 Å². The van der Waals surface area contributed by atoms with Crippen LogP contribution in [0.1, 0.15) is 0 Å². The molecule has 0 aliphatic carbocycles. The Morgan fingerprint density at radius 3 is 2.88 bits per heavy atom. The summed E-state index contributed by atoms with van der Waals surface area (Å²) >= 11 is 1.58. The highest BCUT2D eigenvalue weighted by Gasteiger charge is 2.05. The second kappa shape index (κ2) is 3.72. The summed E-state index contributed by atoms with van der Waals surface area (Å²) in [4.78, 5) is 9.76. The maximum Gasteiger partial charge on any atom is 0.143 e. The third kappa shape index (κ3) is 1.61. The van der Waals surface area contributed by atoms with Crippen LogP contribution in [0.25, 0.3) is 20.9 Å². The minimum Gasteiger partial charge on any atom is -0.244 e. The van der Waals surface area contributed by atoms with Crippen LogP contribution >= 0.6 is 11.3 Å². The van der Waals surface area contributed by atoms with Gasteiger partial charge in [0.05, 0.1) is 0 Å². The summed E-state index contributed by atoms with van der Waals surface area (Å²) < 4.78 is 0. The minimum atomic E-state index is 0.754. The first-order chi connectivity index (χ1) is 7.83. The van der Waals surface area contributed by atoms with E-state index in [1.54, 1.807) is 17.5 Å². The molecule has 1 aromatic carbocycles. The Morgan fingerprint density at radius 1 is 1.12 bits per heavy atom. The van der Waals surface area contributed by atoms with E-state index in [4.69, 9.17) is 7.85 Å². The summed E-state index contributed by atoms with van der Waals surface area (Å²) in [6.07, 6.45) is 1.78. The van der Waals surface area contributed by atoms with Gasteiger partial charge in [0.2, 0.25) is 0 Å². The van der Waals surface area contributed by atoms with Crippen LogP contribution in [0.2, 0.25) is 0 Å². The van der Waals surface area contributed by atoms with Crippen LogP contribution in [0.5, 0.6) is 0 Å². The lowest BCUT2D eigenvalue weighted by Crippen LogP contribution is -1.99. The number of pyridine rings is 1. The van der Waals surface area contributed by atoms with Crippen LogP contribution in [0.4, 0.5) is 0 Å². The molecule has 4 heteroatoms. The highest BCUT2D eigenvalue weighted by atomic mass is 32.1. The maximum absolute atomic E-state index is 5.75. The average Bonchev–Trinajstić information content (AvgIpc) is 2.72. The van der Waals surface area contributed by atoms with Crippen molar-refractivity contribution in [2.75, 3.05) is 0 Å². The van der Waals surface area contributed by atoms with Crippen LogP contribution in [-0.2, 0) is 0 Å². The van der Waals surface area contributed by atoms with E-state index >= 15 is 0 Å². The lowest BCUT2D eigenvalue weighted by atomic mass is 9.95. The number of rotatable bonds is 1. The zero-order chi connectivity index (χ0) is 11.0. The normalized spacial score (nSPS) is 10.8. The SMILES string of the molecule is [B]c1cccc(-c2nc3cccnc3s2)c1. The molecule has 3 aromatic rings. The summed E-state index contributed by atoms with van der Waals surface area (Å²) in [6.45, 7) is 0. The number of fused-ring (bicyclic) bond motifs is 1. The van der Waals surface area contributed by atoms with Gasteiger partial charge >= 0.3 is 0 Å². The summed E-state index contributed by atoms with van der Waals surface area (Å²) in [7, 11) is 5.75. The Kier molecular flexibility index (Phi) is 2.22. The van der Waals surface area contributed by atoms with Gasteiger partial charge in [-0.05, 0) is 12.1 Å². The van der Waals surface area contributed by atoms with Crippen LogP contribution < -0.4 is 5.46 Å². The Labute approximate surface area is 98.4 Å². The summed E-state index contributed by atoms with van der Waals surface area (Å²) in [5, 5.41) is 0.959. The predicted molar refractivity (Wildman–Crippen MR) is 68.2 cm³/mol. The van der Waals surface area contributed by atoms with E-state index in [0.29, 0.717) is 0 Å². The molecule has 0 aliphatic rings. The fourth-order valence-electron chi connectivity index (χ4n) is 1.57. The smallest absolute Gasteiger partial charge is 0.143 e. The van der Waals surface area contributed by atoms with Crippen molar-refractivity contribution in [2.45, 2.75) is 0 Å². The zero-order valence-corrected chi connectivity index (χ0v) is 9.24. The van der Waals surface area contributed by atoms with Crippen molar-refractivity contribution in [2.24, 2.45) is 0 Å². The van der Waals surface area contributed by atoms with Gasteiger partial charge in [-0.3, -0.25) is 0 Å². The molecule has 0 aliphatic heterocycles. The highest BCUT2D eigenvalue weighted by molar-refractivity contribution is 7.21. The number of hydrogen-bond acceptors (Lipinski definition) is 3. The molecule has 0 atom stereocenters. The second-order valence-corrected chi connectivity index (χ2v) is 4.45. The zero-order valence-electron chi connectivity index (χ0n) is 8.42. The van der Waals surface area contributed by atoms with E-state index in [1.807, 2.05) is 36.4 Å². The molecule has 2 nitrogen and oxygen atoms in total. The molecule has 2 heterocycles. The van der Waals surface area contributed by atoms with Crippen molar-refractivity contribution in [1.82, 2.24) is 9.97 Å². The van der Waals surface area contributed by atoms with Crippen LogP contribution in [0.15, 0.2) is 42.6 Å². The molecule has 0 N–H and O–H groups in total. The van der Waals surface area contributed by atoms with Crippen LogP contribution in [-0.4, -0.2) is 17.8 Å². The van der Waals surface area contributed by atoms with Gasteiger partial charge in [-0.25, -0.2) is 9.97 Å². The van der Waals surface area contributed by atoms with Gasteiger partial charge in [0.15, 0.2) is 0 Å². The number of thiazole rings is 1. The summed E-state index contributed by atoms with van der Waals surface area (Å²) in [6, 6.07) is 11.6. The lowest BCUT2D eigenvalue weighted by molar-refractivity contribution is 1.41. The van der Waals surface area contributed by atoms with Crippen LogP contribution in [0.3, 0.4) is 0 Å². The number of hydrogen-bond donors (Lipinski definition) is 0. The van der Waals surface area contributed by atoms with Gasteiger partial charge in [-0.2, -0.15) is 0 Å². The first kappa shape index (κ1) is 9.54. The molecule has 0 bridgehead atoms. The van der Waals surface area contributed by atoms with Crippen molar-refractivity contribution < 1.29 is 0 Å². The monoisotopic (exact) mass is 222 g/mol. The predicted octanol–water partition coefficient (Wildman–Crippen LogP) is 2.15. The lowest BCUT2D eigenvalue weighted by Gasteiger charge is -1.96. The Bertz CT molecular complexity index is 615. The fraction of sp³-hybridized carbons (Fsp3) is 0. The van der Waals surface area contributed by atoms with E-state index in [1.165, 1.54) is 0 Å². The quantitative estimate of drug-likeness (QED) is 0.589. The molecule has 0 fully saturated rings. The van der Waals surface area contributed by atoms with E-state index in [9.17, 15) is 0 Å². The first-order valence-electron chi connectivity index (χ1n) is 4.90. The molecule has 0 spiro atoms. The van der Waals surface area contributed by atoms with Crippen molar-refractivity contribution in [3.8, 4) is 10.6 Å². The number of nitrogens with zero attached hydrogens (tertiary/aromatic N) is 2. The number of benzene rings is 1. The van der Waals surface area contributed by atoms with Gasteiger partial charge < -0.3 is 0 Å². The topological polar surface area (TPSA) is 25.8 Å². The van der Waals surface area contributed by atoms with Crippen molar-refractivity contribution in [3.63, 3.8) is 0 Å². The first-order valence-corrected chi connectivity index (χ1v) is 5.72. The average molecular weight is 222 g/mol. The summed E-state index contributed by atoms with van der Waals surface area (Å²) in [5.41, 5.74) is 2.73. The molecule has 0 saturated heterocycles. The Balaban J connectivity index is 2.19. The molecule has 0 amide bonds. The Morgan fingerprint density at radius 2 is 2.06 bits per heavy atom. The molecule has 2 aromatic heterocycles. The Hall–Kier alpha value is -1.68. The molecule has 0 saturated carbocycles. The van der Waals surface area contributed by atoms with Gasteiger partial charge in [0.25, 0.3) is 0 Å². The molecule has 74 valence electrons. The second-order valence-electron chi connectivity index (χ2n) is 3.47. The van der Waals surface area contributed by atoms with Gasteiger partial charge in [-0.15, -0.1) is 0 Å². The van der Waals surface area contributed by atoms with Gasteiger partial charge in [0, 0.05) is 11.8 Å². The maximum atomic E-state index is 5.75. The minimum absolute atomic E-state index is 0.754. The summed E-state index contributed by atoms with van der Waals surface area (Å²) in [5.74, 6) is 0. The molecule has 2 radical (unpaired) electrons. The number of aromatic nitrogens is 2. The standard InChI is InChI=1S/C12H7BN2S/c13-9-4-1-3-8(7-9)11-15-10-5-2-6-14-12(10)16-11/h1-7H. The van der Waals surface area contributed by atoms with Crippen molar-refractivity contribution in [1.29, 1.82) is 0 Å². The molecular weight excluding hydrogens is 215 g/mol. The van der Waals surface area contributed by atoms with Gasteiger partial charge in [0.1, 0.15) is 23.2 Å². The van der Waals surface area contributed by atoms with E-state index in [2.05, 4.69) is 9.97 Å². The highest BCUT2D eigenvalue weighted by Crippen LogP contribution is 2.27. The molecular formula is C12H7BN2S. The van der Waals surface area contributed by atoms with E-state index < -0.39 is 0 Å². The molecule has 16 heavy (non-hydrogen) atoms. The van der Waals surface area contributed by atoms with Crippen molar-refractivity contribution in [3.05, 3.63) is 42.6 Å². The fourth-order valence-corrected chi connectivity index (χ4v) is 2.47. The van der Waals surface area contributed by atoms with Crippen molar-refractivity contribution >= 4 is 35.0 Å². The molecule has 0 unspecified atom stereocenters. The third-order valence-corrected chi connectivity index (χ3v) is 3.33. The van der Waals surface area contributed by atoms with Gasteiger partial charge in [-0.1, -0.05) is 41.1 Å².